The molecule has 0 aromatic heterocycles. The van der Waals surface area contributed by atoms with Crippen LogP contribution < -0.4 is 5.32 Å². The number of fused-ring (bicyclic) bond motifs is 1. The van der Waals surface area contributed by atoms with Crippen LogP contribution in [0.2, 0.25) is 0 Å². The second-order valence-electron chi connectivity index (χ2n) is 9.69. The normalized spacial score (nSPS) is 34.3. The molecule has 1 N–H and O–H groups in total. The van der Waals surface area contributed by atoms with E-state index in [4.69, 9.17) is 0 Å². The Kier molecular flexibility index (Phi) is 4.11. The number of carbonyl (C=O) groups excluding carboxylic acids is 3. The summed E-state index contributed by atoms with van der Waals surface area (Å²) in [5.74, 6) is 1.61. The van der Waals surface area contributed by atoms with Crippen LogP contribution in [0.5, 0.6) is 0 Å². The quantitative estimate of drug-likeness (QED) is 0.817. The molecule has 1 aliphatic heterocycles. The fourth-order valence-electron chi connectivity index (χ4n) is 6.85. The van der Waals surface area contributed by atoms with Crippen molar-refractivity contribution in [3.63, 3.8) is 0 Å². The maximum Gasteiger partial charge on any atom is 0.261 e. The van der Waals surface area contributed by atoms with Crippen molar-refractivity contribution in [3.05, 3.63) is 35.4 Å². The van der Waals surface area contributed by atoms with Crippen molar-refractivity contribution in [2.24, 2.45) is 23.2 Å². The predicted octanol–water partition coefficient (Wildman–Crippen LogP) is 2.93. The molecule has 1 atom stereocenters. The second-order valence-corrected chi connectivity index (χ2v) is 9.69. The molecule has 4 fully saturated rings. The zero-order valence-corrected chi connectivity index (χ0v) is 16.4. The van der Waals surface area contributed by atoms with Gasteiger partial charge in [0.25, 0.3) is 5.91 Å². The first kappa shape index (κ1) is 17.9. The lowest BCUT2D eigenvalue weighted by Gasteiger charge is -2.59. The van der Waals surface area contributed by atoms with Gasteiger partial charge in [-0.1, -0.05) is 18.2 Å². The van der Waals surface area contributed by atoms with Crippen molar-refractivity contribution < 1.29 is 14.4 Å². The number of nitrogens with zero attached hydrogens (tertiary/aromatic N) is 1. The minimum atomic E-state index is -0.357. The first-order valence-corrected chi connectivity index (χ1v) is 10.7. The highest BCUT2D eigenvalue weighted by Gasteiger charge is 2.53. The van der Waals surface area contributed by atoms with Crippen molar-refractivity contribution in [2.75, 3.05) is 6.54 Å². The summed E-state index contributed by atoms with van der Waals surface area (Å²) in [4.78, 5) is 39.0. The number of carbonyl (C=O) groups is 3. The summed E-state index contributed by atoms with van der Waals surface area (Å²) in [6.07, 6.45) is 7.95. The van der Waals surface area contributed by atoms with Gasteiger partial charge in [-0.05, 0) is 80.2 Å². The Balaban J connectivity index is 1.27. The molecule has 1 heterocycles. The van der Waals surface area contributed by atoms with Crippen molar-refractivity contribution >= 4 is 17.7 Å². The lowest BCUT2D eigenvalue weighted by molar-refractivity contribution is -0.135. The second kappa shape index (κ2) is 6.43. The standard InChI is InChI=1S/C23H28N2O3/c1-14(23-10-15-6-16(11-23)8-17(7-15)12-23)24-20(26)13-25-21(27)9-18-4-2-3-5-19(18)22(25)28/h2-5,14-17H,6-13H2,1H3,(H,24,26)/t14-,15?,16?,17?,23?/m1/s1. The molecule has 4 aliphatic carbocycles. The van der Waals surface area contributed by atoms with E-state index in [0.717, 1.165) is 28.2 Å². The van der Waals surface area contributed by atoms with E-state index in [0.29, 0.717) is 5.56 Å². The minimum absolute atomic E-state index is 0.0932. The fraction of sp³-hybridized carbons (Fsp3) is 0.609. The van der Waals surface area contributed by atoms with Gasteiger partial charge in [0.2, 0.25) is 11.8 Å². The Hall–Kier alpha value is -2.17. The Bertz CT molecular complexity index is 811. The van der Waals surface area contributed by atoms with Crippen LogP contribution in [0, 0.1) is 23.2 Å². The fourth-order valence-corrected chi connectivity index (χ4v) is 6.85. The monoisotopic (exact) mass is 380 g/mol. The third-order valence-electron chi connectivity index (χ3n) is 7.82. The average Bonchev–Trinajstić information content (AvgIpc) is 2.64. The summed E-state index contributed by atoms with van der Waals surface area (Å²) in [5.41, 5.74) is 1.49. The van der Waals surface area contributed by atoms with E-state index in [1.807, 2.05) is 6.07 Å². The highest BCUT2D eigenvalue weighted by molar-refractivity contribution is 6.11. The number of amides is 3. The molecule has 0 saturated heterocycles. The van der Waals surface area contributed by atoms with Crippen molar-refractivity contribution in [2.45, 2.75) is 57.9 Å². The first-order chi connectivity index (χ1) is 13.4. The molecule has 0 radical (unpaired) electrons. The van der Waals surface area contributed by atoms with Crippen LogP contribution in [0.25, 0.3) is 0 Å². The lowest BCUT2D eigenvalue weighted by atomic mass is 9.48. The Morgan fingerprint density at radius 1 is 1.11 bits per heavy atom. The Labute approximate surface area is 165 Å². The number of hydrogen-bond donors (Lipinski definition) is 1. The van der Waals surface area contributed by atoms with Gasteiger partial charge in [-0.2, -0.15) is 0 Å². The number of nitrogens with one attached hydrogen (secondary N) is 1. The summed E-state index contributed by atoms with van der Waals surface area (Å²) in [7, 11) is 0. The van der Waals surface area contributed by atoms with Crippen LogP contribution in [0.1, 0.15) is 61.4 Å². The molecule has 4 bridgehead atoms. The van der Waals surface area contributed by atoms with E-state index in [-0.39, 0.29) is 42.1 Å². The predicted molar refractivity (Wildman–Crippen MR) is 104 cm³/mol. The van der Waals surface area contributed by atoms with Crippen LogP contribution >= 0.6 is 0 Å². The van der Waals surface area contributed by atoms with E-state index in [1.165, 1.54) is 38.5 Å². The molecule has 1 aromatic rings. The summed E-state index contributed by atoms with van der Waals surface area (Å²) in [6.45, 7) is 1.95. The van der Waals surface area contributed by atoms with Gasteiger partial charge < -0.3 is 5.32 Å². The molecule has 4 saturated carbocycles. The van der Waals surface area contributed by atoms with Gasteiger partial charge in [0.1, 0.15) is 6.54 Å². The molecule has 5 heteroatoms. The molecule has 0 unspecified atom stereocenters. The first-order valence-electron chi connectivity index (χ1n) is 10.7. The third kappa shape index (κ3) is 2.87. The van der Waals surface area contributed by atoms with E-state index in [9.17, 15) is 14.4 Å². The molecular weight excluding hydrogens is 352 g/mol. The maximum absolute atomic E-state index is 12.8. The minimum Gasteiger partial charge on any atom is -0.352 e. The summed E-state index contributed by atoms with van der Waals surface area (Å²) in [6, 6.07) is 7.25. The van der Waals surface area contributed by atoms with Crippen LogP contribution in [0.4, 0.5) is 0 Å². The zero-order valence-electron chi connectivity index (χ0n) is 16.4. The molecule has 5 nitrogen and oxygen atoms in total. The van der Waals surface area contributed by atoms with Crippen LogP contribution in [0.3, 0.4) is 0 Å². The van der Waals surface area contributed by atoms with Crippen LogP contribution in [-0.4, -0.2) is 35.2 Å². The molecule has 1 aromatic carbocycles. The van der Waals surface area contributed by atoms with Crippen LogP contribution in [0.15, 0.2) is 24.3 Å². The van der Waals surface area contributed by atoms with E-state index in [1.54, 1.807) is 18.2 Å². The van der Waals surface area contributed by atoms with E-state index < -0.39 is 0 Å². The zero-order chi connectivity index (χ0) is 19.5. The number of hydrogen-bond acceptors (Lipinski definition) is 3. The van der Waals surface area contributed by atoms with Crippen molar-refractivity contribution in [1.82, 2.24) is 10.2 Å². The van der Waals surface area contributed by atoms with Gasteiger partial charge in [0.15, 0.2) is 0 Å². The third-order valence-corrected chi connectivity index (χ3v) is 7.82. The molecule has 28 heavy (non-hydrogen) atoms. The Morgan fingerprint density at radius 3 is 2.36 bits per heavy atom. The largest absolute Gasteiger partial charge is 0.352 e. The van der Waals surface area contributed by atoms with E-state index >= 15 is 0 Å². The van der Waals surface area contributed by atoms with E-state index in [2.05, 4.69) is 12.2 Å². The highest BCUT2D eigenvalue weighted by Crippen LogP contribution is 2.61. The molecule has 0 spiro atoms. The smallest absolute Gasteiger partial charge is 0.261 e. The van der Waals surface area contributed by atoms with Gasteiger partial charge in [-0.25, -0.2) is 0 Å². The van der Waals surface area contributed by atoms with Crippen molar-refractivity contribution in [1.29, 1.82) is 0 Å². The SMILES string of the molecule is C[C@@H](NC(=O)CN1C(=O)Cc2ccccc2C1=O)C12CC3CC(CC(C3)C1)C2. The number of benzene rings is 1. The van der Waals surface area contributed by atoms with Gasteiger partial charge in [0.05, 0.1) is 6.42 Å². The Morgan fingerprint density at radius 2 is 1.71 bits per heavy atom. The lowest BCUT2D eigenvalue weighted by Crippen LogP contribution is -2.57. The van der Waals surface area contributed by atoms with Crippen molar-refractivity contribution in [3.8, 4) is 0 Å². The molecule has 3 amide bonds. The van der Waals surface area contributed by atoms with Gasteiger partial charge in [-0.3, -0.25) is 19.3 Å². The summed E-state index contributed by atoms with van der Waals surface area (Å²) < 4.78 is 0. The number of imide groups is 1. The summed E-state index contributed by atoms with van der Waals surface area (Å²) >= 11 is 0. The van der Waals surface area contributed by atoms with Crippen LogP contribution in [-0.2, 0) is 16.0 Å². The molecule has 6 rings (SSSR count). The molecular formula is C23H28N2O3. The number of rotatable bonds is 4. The van der Waals surface area contributed by atoms with Gasteiger partial charge in [0, 0.05) is 11.6 Å². The highest BCUT2D eigenvalue weighted by atomic mass is 16.2. The molecule has 5 aliphatic rings. The van der Waals surface area contributed by atoms with Gasteiger partial charge in [-0.15, -0.1) is 0 Å². The average molecular weight is 380 g/mol. The molecule has 148 valence electrons. The summed E-state index contributed by atoms with van der Waals surface area (Å²) in [5, 5.41) is 3.16. The maximum atomic E-state index is 12.8. The van der Waals surface area contributed by atoms with Gasteiger partial charge >= 0.3 is 0 Å². The topological polar surface area (TPSA) is 66.5 Å².